The van der Waals surface area contributed by atoms with Gasteiger partial charge in [-0.2, -0.15) is 4.31 Å². The van der Waals surface area contributed by atoms with E-state index in [9.17, 15) is 18.0 Å². The number of aryl methyl sites for hydroxylation is 1. The van der Waals surface area contributed by atoms with Gasteiger partial charge in [0.1, 0.15) is 0 Å². The van der Waals surface area contributed by atoms with E-state index < -0.39 is 10.0 Å². The molecule has 130 valence electrons. The minimum absolute atomic E-state index is 0.0572. The molecule has 8 heteroatoms. The minimum Gasteiger partial charge on any atom is -0.352 e. The summed E-state index contributed by atoms with van der Waals surface area (Å²) >= 11 is 0. The summed E-state index contributed by atoms with van der Waals surface area (Å²) < 4.78 is 26.4. The maximum absolute atomic E-state index is 12.7. The van der Waals surface area contributed by atoms with Gasteiger partial charge in [0.25, 0.3) is 0 Å². The second-order valence-corrected chi connectivity index (χ2v) is 8.37. The fourth-order valence-electron chi connectivity index (χ4n) is 2.68. The summed E-state index contributed by atoms with van der Waals surface area (Å²) in [5.41, 5.74) is 1.46. The fourth-order valence-corrected chi connectivity index (χ4v) is 3.86. The number of fused-ring (bicyclic) bond motifs is 1. The summed E-state index contributed by atoms with van der Waals surface area (Å²) in [6, 6.07) is 4.87. The highest BCUT2D eigenvalue weighted by atomic mass is 32.2. The number of likely N-dealkylation sites (N-methyl/N-ethyl adjacent to an activating group) is 1. The van der Waals surface area contributed by atoms with Crippen LogP contribution in [0.15, 0.2) is 23.1 Å². The van der Waals surface area contributed by atoms with Crippen molar-refractivity contribution in [1.29, 1.82) is 0 Å². The smallest absolute Gasteiger partial charge is 0.243 e. The van der Waals surface area contributed by atoms with E-state index in [4.69, 9.17) is 0 Å². The number of nitrogens with one attached hydrogen (secondary N) is 2. The Morgan fingerprint density at radius 1 is 1.33 bits per heavy atom. The van der Waals surface area contributed by atoms with Crippen LogP contribution in [-0.4, -0.2) is 44.2 Å². The molecule has 2 amide bonds. The van der Waals surface area contributed by atoms with Crippen molar-refractivity contribution in [1.82, 2.24) is 9.62 Å². The normalized spacial score (nSPS) is 17.8. The first-order valence-corrected chi connectivity index (χ1v) is 9.49. The van der Waals surface area contributed by atoms with Gasteiger partial charge in [0.15, 0.2) is 0 Å². The number of benzene rings is 1. The molecule has 3 rings (SSSR count). The van der Waals surface area contributed by atoms with Gasteiger partial charge in [0.2, 0.25) is 21.8 Å². The van der Waals surface area contributed by atoms with Crippen molar-refractivity contribution < 1.29 is 18.0 Å². The lowest BCUT2D eigenvalue weighted by molar-refractivity contribution is -0.121. The minimum atomic E-state index is -3.75. The number of rotatable bonds is 5. The van der Waals surface area contributed by atoms with E-state index in [1.165, 1.54) is 13.1 Å². The first-order valence-electron chi connectivity index (χ1n) is 8.05. The predicted octanol–water partition coefficient (Wildman–Crippen LogP) is 0.860. The van der Waals surface area contributed by atoms with E-state index in [-0.39, 0.29) is 29.3 Å². The van der Waals surface area contributed by atoms with Gasteiger partial charge in [-0.15, -0.1) is 0 Å². The molecule has 1 heterocycles. The number of carbonyl (C=O) groups is 2. The van der Waals surface area contributed by atoms with Crippen LogP contribution in [0.4, 0.5) is 5.69 Å². The Morgan fingerprint density at radius 3 is 2.79 bits per heavy atom. The lowest BCUT2D eigenvalue weighted by Gasteiger charge is -2.18. The van der Waals surface area contributed by atoms with Crippen LogP contribution < -0.4 is 10.6 Å². The monoisotopic (exact) mass is 351 g/mol. The summed E-state index contributed by atoms with van der Waals surface area (Å²) in [5.74, 6) is -0.344. The van der Waals surface area contributed by atoms with Crippen molar-refractivity contribution in [3.63, 3.8) is 0 Å². The maximum Gasteiger partial charge on any atom is 0.243 e. The molecule has 2 N–H and O–H groups in total. The number of hydrogen-bond acceptors (Lipinski definition) is 4. The van der Waals surface area contributed by atoms with Gasteiger partial charge < -0.3 is 10.6 Å². The van der Waals surface area contributed by atoms with Crippen LogP contribution in [0.25, 0.3) is 0 Å². The second kappa shape index (κ2) is 6.52. The number of hydrogen-bond donors (Lipinski definition) is 2. The summed E-state index contributed by atoms with van der Waals surface area (Å²) in [6.07, 6.45) is 3.67. The van der Waals surface area contributed by atoms with Crippen molar-refractivity contribution in [3.8, 4) is 0 Å². The Morgan fingerprint density at radius 2 is 2.08 bits per heavy atom. The van der Waals surface area contributed by atoms with E-state index in [2.05, 4.69) is 10.6 Å². The molecule has 0 radical (unpaired) electrons. The molecular formula is C16H21N3O4S. The average Bonchev–Trinajstić information content (AvgIpc) is 3.33. The predicted molar refractivity (Wildman–Crippen MR) is 89.0 cm³/mol. The molecule has 1 aliphatic heterocycles. The lowest BCUT2D eigenvalue weighted by atomic mass is 10.1. The first-order chi connectivity index (χ1) is 11.4. The number of sulfonamides is 1. The quantitative estimate of drug-likeness (QED) is 0.822. The third-order valence-electron chi connectivity index (χ3n) is 4.22. The van der Waals surface area contributed by atoms with Gasteiger partial charge in [-0.25, -0.2) is 8.42 Å². The second-order valence-electron chi connectivity index (χ2n) is 6.32. The molecule has 1 aliphatic carbocycles. The van der Waals surface area contributed by atoms with Crippen molar-refractivity contribution in [2.75, 3.05) is 18.9 Å². The molecule has 0 aromatic heterocycles. The lowest BCUT2D eigenvalue weighted by Crippen LogP contribution is -2.39. The SMILES string of the molecule is CN(CC(=O)NC1CC1)S(=O)(=O)c1ccc2c(c1)CCCC(=O)N2. The van der Waals surface area contributed by atoms with Crippen LogP contribution in [0.5, 0.6) is 0 Å². The summed E-state index contributed by atoms with van der Waals surface area (Å²) in [7, 11) is -2.35. The van der Waals surface area contributed by atoms with Crippen LogP contribution in [0.3, 0.4) is 0 Å². The Hall–Kier alpha value is -1.93. The molecule has 7 nitrogen and oxygen atoms in total. The summed E-state index contributed by atoms with van der Waals surface area (Å²) in [6.45, 7) is -0.202. The van der Waals surface area contributed by atoms with Crippen LogP contribution in [0, 0.1) is 0 Å². The first kappa shape index (κ1) is 16.9. The molecule has 0 atom stereocenters. The highest BCUT2D eigenvalue weighted by Gasteiger charge is 2.28. The zero-order chi connectivity index (χ0) is 17.3. The number of nitrogens with zero attached hydrogens (tertiary/aromatic N) is 1. The van der Waals surface area contributed by atoms with E-state index in [0.717, 1.165) is 22.7 Å². The van der Waals surface area contributed by atoms with Gasteiger partial charge in [0, 0.05) is 25.2 Å². The molecule has 0 saturated heterocycles. The van der Waals surface area contributed by atoms with Crippen LogP contribution in [0.2, 0.25) is 0 Å². The molecular weight excluding hydrogens is 330 g/mol. The average molecular weight is 351 g/mol. The highest BCUT2D eigenvalue weighted by Crippen LogP contribution is 2.26. The van der Waals surface area contributed by atoms with Crippen LogP contribution in [0.1, 0.15) is 31.2 Å². The van der Waals surface area contributed by atoms with Crippen LogP contribution in [-0.2, 0) is 26.0 Å². The Kier molecular flexibility index (Phi) is 4.60. The summed E-state index contributed by atoms with van der Waals surface area (Å²) in [5, 5.41) is 5.56. The summed E-state index contributed by atoms with van der Waals surface area (Å²) in [4.78, 5) is 23.5. The molecule has 0 bridgehead atoms. The molecule has 2 aliphatic rings. The maximum atomic E-state index is 12.7. The van der Waals surface area contributed by atoms with Gasteiger partial charge in [-0.3, -0.25) is 9.59 Å². The van der Waals surface area contributed by atoms with E-state index >= 15 is 0 Å². The van der Waals surface area contributed by atoms with Crippen molar-refractivity contribution >= 4 is 27.5 Å². The number of amides is 2. The zero-order valence-corrected chi connectivity index (χ0v) is 14.4. The van der Waals surface area contributed by atoms with Crippen molar-refractivity contribution in [2.45, 2.75) is 43.0 Å². The molecule has 1 aromatic carbocycles. The number of carbonyl (C=O) groups excluding carboxylic acids is 2. The zero-order valence-electron chi connectivity index (χ0n) is 13.5. The molecule has 24 heavy (non-hydrogen) atoms. The van der Waals surface area contributed by atoms with Crippen molar-refractivity contribution in [3.05, 3.63) is 23.8 Å². The Balaban J connectivity index is 1.77. The van der Waals surface area contributed by atoms with Gasteiger partial charge in [0.05, 0.1) is 11.4 Å². The van der Waals surface area contributed by atoms with Gasteiger partial charge in [-0.1, -0.05) is 0 Å². The topological polar surface area (TPSA) is 95.6 Å². The van der Waals surface area contributed by atoms with E-state index in [0.29, 0.717) is 24.9 Å². The van der Waals surface area contributed by atoms with Crippen LogP contribution >= 0.6 is 0 Å². The van der Waals surface area contributed by atoms with E-state index in [1.807, 2.05) is 0 Å². The molecule has 1 fully saturated rings. The van der Waals surface area contributed by atoms with Gasteiger partial charge >= 0.3 is 0 Å². The number of anilines is 1. The van der Waals surface area contributed by atoms with Crippen molar-refractivity contribution in [2.24, 2.45) is 0 Å². The molecule has 0 unspecified atom stereocenters. The highest BCUT2D eigenvalue weighted by molar-refractivity contribution is 7.89. The molecule has 1 aromatic rings. The van der Waals surface area contributed by atoms with E-state index in [1.54, 1.807) is 12.1 Å². The third-order valence-corrected chi connectivity index (χ3v) is 6.02. The molecule has 0 spiro atoms. The largest absolute Gasteiger partial charge is 0.352 e. The third kappa shape index (κ3) is 3.76. The fraction of sp³-hybridized carbons (Fsp3) is 0.500. The van der Waals surface area contributed by atoms with Gasteiger partial charge in [-0.05, 0) is 49.4 Å². The Labute approximate surface area is 141 Å². The molecule has 1 saturated carbocycles. The Bertz CT molecular complexity index is 772. The standard InChI is InChI=1S/C16H21N3O4S/c1-19(10-16(21)17-12-5-6-12)24(22,23)13-7-8-14-11(9-13)3-2-4-15(20)18-14/h7-9,12H,2-6,10H2,1H3,(H,17,21)(H,18,20).